The molecule has 1 aromatic heterocycles. The second kappa shape index (κ2) is 9.47. The van der Waals surface area contributed by atoms with E-state index in [1.807, 2.05) is 42.5 Å². The van der Waals surface area contributed by atoms with Crippen molar-refractivity contribution in [1.29, 1.82) is 0 Å². The fraction of sp³-hybridized carbons (Fsp3) is 0.154. The predicted molar refractivity (Wildman–Crippen MR) is 121 cm³/mol. The molecule has 0 radical (unpaired) electrons. The maximum atomic E-state index is 13.8. The molecule has 2 N–H and O–H groups in total. The maximum absolute atomic E-state index is 13.8. The van der Waals surface area contributed by atoms with Crippen LogP contribution >= 0.6 is 0 Å². The summed E-state index contributed by atoms with van der Waals surface area (Å²) in [4.78, 5) is 29.5. The average molecular weight is 430 g/mol. The van der Waals surface area contributed by atoms with Gasteiger partial charge in [-0.3, -0.25) is 9.59 Å². The standard InChI is InChI=1S/C26H23FN2O3/c1-32-25-11-10-19(27)15-18(25)16-24(30)23(14-17-6-3-2-4-7-17)29-26(31)21-8-5-9-22-20(21)12-13-28-22/h2-13,15,23,28H,14,16H2,1H3,(H,29,31). The number of amides is 1. The van der Waals surface area contributed by atoms with Crippen molar-refractivity contribution in [2.45, 2.75) is 18.9 Å². The lowest BCUT2D eigenvalue weighted by molar-refractivity contribution is -0.120. The second-order valence-electron chi connectivity index (χ2n) is 7.56. The number of hydrogen-bond donors (Lipinski definition) is 2. The Kier molecular flexibility index (Phi) is 6.31. The highest BCUT2D eigenvalue weighted by atomic mass is 19.1. The Balaban J connectivity index is 1.61. The lowest BCUT2D eigenvalue weighted by Crippen LogP contribution is -2.43. The van der Waals surface area contributed by atoms with Crippen molar-refractivity contribution in [2.75, 3.05) is 7.11 Å². The van der Waals surface area contributed by atoms with Gasteiger partial charge in [0.05, 0.1) is 13.2 Å². The summed E-state index contributed by atoms with van der Waals surface area (Å²) in [5.41, 5.74) is 2.68. The number of methoxy groups -OCH3 is 1. The zero-order valence-electron chi connectivity index (χ0n) is 17.6. The van der Waals surface area contributed by atoms with Crippen LogP contribution in [-0.4, -0.2) is 29.8 Å². The largest absolute Gasteiger partial charge is 0.496 e. The normalized spacial score (nSPS) is 11.8. The highest BCUT2D eigenvalue weighted by Gasteiger charge is 2.24. The third-order valence-electron chi connectivity index (χ3n) is 5.42. The summed E-state index contributed by atoms with van der Waals surface area (Å²) in [6, 6.07) is 20.0. The zero-order valence-corrected chi connectivity index (χ0v) is 17.6. The van der Waals surface area contributed by atoms with E-state index in [2.05, 4.69) is 10.3 Å². The molecule has 4 rings (SSSR count). The molecular formula is C26H23FN2O3. The first-order valence-corrected chi connectivity index (χ1v) is 10.3. The molecule has 5 nitrogen and oxygen atoms in total. The van der Waals surface area contributed by atoms with Crippen LogP contribution in [0.2, 0.25) is 0 Å². The van der Waals surface area contributed by atoms with Crippen molar-refractivity contribution >= 4 is 22.6 Å². The van der Waals surface area contributed by atoms with E-state index in [4.69, 9.17) is 4.74 Å². The van der Waals surface area contributed by atoms with Gasteiger partial charge in [-0.25, -0.2) is 4.39 Å². The van der Waals surface area contributed by atoms with E-state index in [9.17, 15) is 14.0 Å². The number of ketones is 1. The third-order valence-corrected chi connectivity index (χ3v) is 5.42. The molecular weight excluding hydrogens is 407 g/mol. The molecule has 0 aliphatic carbocycles. The fourth-order valence-electron chi connectivity index (χ4n) is 3.81. The van der Waals surface area contributed by atoms with Crippen LogP contribution in [0.15, 0.2) is 79.0 Å². The van der Waals surface area contributed by atoms with Gasteiger partial charge in [0.1, 0.15) is 11.6 Å². The summed E-state index contributed by atoms with van der Waals surface area (Å²) in [6.45, 7) is 0. The maximum Gasteiger partial charge on any atom is 0.252 e. The van der Waals surface area contributed by atoms with Gasteiger partial charge < -0.3 is 15.0 Å². The SMILES string of the molecule is COc1ccc(F)cc1CC(=O)C(Cc1ccccc1)NC(=O)c1cccc2[nH]ccc12. The number of ether oxygens (including phenoxy) is 1. The van der Waals surface area contributed by atoms with Crippen LogP contribution in [0.4, 0.5) is 4.39 Å². The summed E-state index contributed by atoms with van der Waals surface area (Å²) in [6.07, 6.45) is 2.03. The minimum Gasteiger partial charge on any atom is -0.496 e. The number of benzene rings is 3. The number of aromatic amines is 1. The Labute approximate surface area is 185 Å². The zero-order chi connectivity index (χ0) is 22.5. The molecule has 0 aliphatic heterocycles. The highest BCUT2D eigenvalue weighted by Crippen LogP contribution is 2.22. The van der Waals surface area contributed by atoms with Gasteiger partial charge >= 0.3 is 0 Å². The van der Waals surface area contributed by atoms with E-state index >= 15 is 0 Å². The lowest BCUT2D eigenvalue weighted by Gasteiger charge is -2.19. The van der Waals surface area contributed by atoms with Crippen LogP contribution < -0.4 is 10.1 Å². The number of fused-ring (bicyclic) bond motifs is 1. The van der Waals surface area contributed by atoms with Crippen molar-refractivity contribution < 1.29 is 18.7 Å². The number of nitrogens with one attached hydrogen (secondary N) is 2. The molecule has 0 saturated carbocycles. The molecule has 0 fully saturated rings. The smallest absolute Gasteiger partial charge is 0.252 e. The van der Waals surface area contributed by atoms with E-state index in [1.165, 1.54) is 25.3 Å². The third kappa shape index (κ3) is 4.70. The van der Waals surface area contributed by atoms with Crippen LogP contribution in [0, 0.1) is 5.82 Å². The predicted octanol–water partition coefficient (Wildman–Crippen LogP) is 4.47. The number of Topliss-reactive ketones (excluding diaryl/α,β-unsaturated/α-hetero) is 1. The van der Waals surface area contributed by atoms with Crippen molar-refractivity contribution in [3.05, 3.63) is 102 Å². The number of halogens is 1. The average Bonchev–Trinajstić information content (AvgIpc) is 3.28. The van der Waals surface area contributed by atoms with Crippen LogP contribution in [0.5, 0.6) is 5.75 Å². The van der Waals surface area contributed by atoms with Gasteiger partial charge in [0, 0.05) is 34.6 Å². The molecule has 1 amide bonds. The number of carbonyl (C=O) groups excluding carboxylic acids is 2. The van der Waals surface area contributed by atoms with Crippen LogP contribution in [0.3, 0.4) is 0 Å². The monoisotopic (exact) mass is 430 g/mol. The van der Waals surface area contributed by atoms with Gasteiger partial charge in [0.15, 0.2) is 5.78 Å². The molecule has 4 aromatic rings. The first kappa shape index (κ1) is 21.3. The van der Waals surface area contributed by atoms with E-state index in [0.717, 1.165) is 16.5 Å². The molecule has 1 heterocycles. The highest BCUT2D eigenvalue weighted by molar-refractivity contribution is 6.07. The first-order valence-electron chi connectivity index (χ1n) is 10.3. The Morgan fingerprint density at radius 3 is 2.62 bits per heavy atom. The van der Waals surface area contributed by atoms with Gasteiger partial charge in [-0.05, 0) is 48.4 Å². The van der Waals surface area contributed by atoms with Gasteiger partial charge in [-0.1, -0.05) is 36.4 Å². The molecule has 32 heavy (non-hydrogen) atoms. The van der Waals surface area contributed by atoms with Gasteiger partial charge in [0.25, 0.3) is 5.91 Å². The molecule has 0 aliphatic rings. The lowest BCUT2D eigenvalue weighted by atomic mass is 9.96. The topological polar surface area (TPSA) is 71.2 Å². The van der Waals surface area contributed by atoms with Gasteiger partial charge in [0.2, 0.25) is 0 Å². The summed E-state index contributed by atoms with van der Waals surface area (Å²) >= 11 is 0. The fourth-order valence-corrected chi connectivity index (χ4v) is 3.81. The van der Waals surface area contributed by atoms with Gasteiger partial charge in [-0.2, -0.15) is 0 Å². The summed E-state index contributed by atoms with van der Waals surface area (Å²) < 4.78 is 19.1. The van der Waals surface area contributed by atoms with Crippen molar-refractivity contribution in [3.8, 4) is 5.75 Å². The first-order chi connectivity index (χ1) is 15.5. The van der Waals surface area contributed by atoms with E-state index in [-0.39, 0.29) is 18.1 Å². The Hall–Kier alpha value is -3.93. The molecule has 1 atom stereocenters. The van der Waals surface area contributed by atoms with Crippen molar-refractivity contribution in [1.82, 2.24) is 10.3 Å². The Morgan fingerprint density at radius 1 is 1.03 bits per heavy atom. The van der Waals surface area contributed by atoms with E-state index in [0.29, 0.717) is 23.3 Å². The quantitative estimate of drug-likeness (QED) is 0.433. The summed E-state index contributed by atoms with van der Waals surface area (Å²) in [7, 11) is 1.47. The number of H-pyrrole nitrogens is 1. The van der Waals surface area contributed by atoms with Crippen molar-refractivity contribution in [3.63, 3.8) is 0 Å². The summed E-state index contributed by atoms with van der Waals surface area (Å²) in [5.74, 6) is -0.582. The molecule has 3 aromatic carbocycles. The Morgan fingerprint density at radius 2 is 1.84 bits per heavy atom. The molecule has 162 valence electrons. The van der Waals surface area contributed by atoms with Crippen LogP contribution in [0.1, 0.15) is 21.5 Å². The number of rotatable bonds is 8. The van der Waals surface area contributed by atoms with E-state index in [1.54, 1.807) is 18.3 Å². The van der Waals surface area contributed by atoms with Crippen LogP contribution in [0.25, 0.3) is 10.9 Å². The minimum atomic E-state index is -0.785. The molecule has 0 spiro atoms. The van der Waals surface area contributed by atoms with Crippen LogP contribution in [-0.2, 0) is 17.6 Å². The minimum absolute atomic E-state index is 0.0624. The number of aromatic nitrogens is 1. The van der Waals surface area contributed by atoms with E-state index < -0.39 is 11.9 Å². The molecule has 6 heteroatoms. The number of carbonyl (C=O) groups is 2. The molecule has 0 bridgehead atoms. The Bertz CT molecular complexity index is 1250. The summed E-state index contributed by atoms with van der Waals surface area (Å²) in [5, 5.41) is 3.68. The van der Waals surface area contributed by atoms with Gasteiger partial charge in [-0.15, -0.1) is 0 Å². The molecule has 0 saturated heterocycles. The molecule has 1 unspecified atom stereocenters. The second-order valence-corrected chi connectivity index (χ2v) is 7.56. The number of hydrogen-bond acceptors (Lipinski definition) is 3. The van der Waals surface area contributed by atoms with Crippen molar-refractivity contribution in [2.24, 2.45) is 0 Å².